The maximum Gasteiger partial charge on any atom is 0.0894 e. The molecule has 0 spiro atoms. The zero-order valence-electron chi connectivity index (χ0n) is 33.0. The number of aromatic nitrogens is 3. The minimum absolute atomic E-state index is 0.0968. The molecule has 0 amide bonds. The van der Waals surface area contributed by atoms with Gasteiger partial charge >= 0.3 is 0 Å². The van der Waals surface area contributed by atoms with Gasteiger partial charge in [0, 0.05) is 38.8 Å². The van der Waals surface area contributed by atoms with Crippen LogP contribution in [0.3, 0.4) is 0 Å². The van der Waals surface area contributed by atoms with Gasteiger partial charge in [-0.05, 0) is 122 Å². The van der Waals surface area contributed by atoms with Crippen LogP contribution in [0, 0.1) is 0 Å². The lowest BCUT2D eigenvalue weighted by Crippen LogP contribution is -2.23. The lowest BCUT2D eigenvalue weighted by Gasteiger charge is -2.24. The van der Waals surface area contributed by atoms with E-state index in [0.717, 1.165) is 67.2 Å². The van der Waals surface area contributed by atoms with Gasteiger partial charge in [-0.2, -0.15) is 0 Å². The van der Waals surface area contributed by atoms with Crippen molar-refractivity contribution < 1.29 is 0 Å². The number of benzene rings is 7. The van der Waals surface area contributed by atoms with Crippen molar-refractivity contribution in [1.82, 2.24) is 20.3 Å². The number of pyridine rings is 3. The minimum atomic E-state index is -0.0968. The van der Waals surface area contributed by atoms with Gasteiger partial charge in [-0.15, -0.1) is 11.3 Å². The van der Waals surface area contributed by atoms with Crippen LogP contribution in [0.25, 0.3) is 97.4 Å². The summed E-state index contributed by atoms with van der Waals surface area (Å²) in [4.78, 5) is 15.0. The molecule has 1 atom stereocenters. The molecule has 1 aliphatic heterocycles. The third kappa shape index (κ3) is 6.17. The average Bonchev–Trinajstić information content (AvgIpc) is 3.74. The van der Waals surface area contributed by atoms with E-state index < -0.39 is 0 Å². The molecule has 5 heteroatoms. The highest BCUT2D eigenvalue weighted by atomic mass is 32.1. The van der Waals surface area contributed by atoms with Crippen molar-refractivity contribution >= 4 is 75.2 Å². The molecule has 7 aromatic carbocycles. The van der Waals surface area contributed by atoms with Crippen LogP contribution in [0.4, 0.5) is 0 Å². The first-order valence-corrected chi connectivity index (χ1v) is 21.4. The second kappa shape index (κ2) is 14.5. The molecule has 0 fully saturated rings. The van der Waals surface area contributed by atoms with Gasteiger partial charge in [-0.1, -0.05) is 127 Å². The summed E-state index contributed by atoms with van der Waals surface area (Å²) in [5, 5.41) is 12.3. The quantitative estimate of drug-likeness (QED) is 0.170. The maximum atomic E-state index is 5.60. The van der Waals surface area contributed by atoms with Crippen LogP contribution in [-0.2, 0) is 0 Å². The number of nitrogens with one attached hydrogen (secondary N) is 1. The first-order valence-electron chi connectivity index (χ1n) is 20.6. The van der Waals surface area contributed by atoms with Gasteiger partial charge in [-0.25, -0.2) is 4.98 Å². The summed E-state index contributed by atoms with van der Waals surface area (Å²) in [6.07, 6.45) is 8.14. The molecule has 5 heterocycles. The van der Waals surface area contributed by atoms with Crippen molar-refractivity contribution in [3.8, 4) is 33.5 Å². The molecule has 1 N–H and O–H groups in total. The Morgan fingerprint density at radius 2 is 1.16 bits per heavy atom. The number of thiophene rings is 1. The highest BCUT2D eigenvalue weighted by Crippen LogP contribution is 2.46. The Labute approximate surface area is 356 Å². The maximum absolute atomic E-state index is 5.60. The second-order valence-corrected chi connectivity index (χ2v) is 16.7. The number of hydrogen-bond donors (Lipinski definition) is 1. The third-order valence-electron chi connectivity index (χ3n) is 12.0. The fourth-order valence-electron chi connectivity index (χ4n) is 9.06. The van der Waals surface area contributed by atoms with Crippen molar-refractivity contribution in [2.75, 3.05) is 0 Å². The third-order valence-corrected chi connectivity index (χ3v) is 13.1. The average molecular weight is 797 g/mol. The smallest absolute Gasteiger partial charge is 0.0894 e. The van der Waals surface area contributed by atoms with Crippen molar-refractivity contribution in [2.24, 2.45) is 0 Å². The first-order chi connectivity index (χ1) is 30.2. The van der Waals surface area contributed by atoms with Crippen LogP contribution in [0.5, 0.6) is 0 Å². The van der Waals surface area contributed by atoms with E-state index in [1.54, 1.807) is 0 Å². The van der Waals surface area contributed by atoms with E-state index in [9.17, 15) is 0 Å². The lowest BCUT2D eigenvalue weighted by molar-refractivity contribution is 0.736. The van der Waals surface area contributed by atoms with Gasteiger partial charge in [0.25, 0.3) is 0 Å². The summed E-state index contributed by atoms with van der Waals surface area (Å²) in [7, 11) is 0. The van der Waals surface area contributed by atoms with E-state index >= 15 is 0 Å². The van der Waals surface area contributed by atoms with Gasteiger partial charge in [0.2, 0.25) is 0 Å². The van der Waals surface area contributed by atoms with E-state index in [0.29, 0.717) is 0 Å². The number of allylic oxidation sites excluding steroid dienone is 2. The Bertz CT molecular complexity index is 3570. The summed E-state index contributed by atoms with van der Waals surface area (Å²) in [6, 6.07) is 65.1. The molecule has 0 radical (unpaired) electrons. The van der Waals surface area contributed by atoms with E-state index in [-0.39, 0.29) is 6.04 Å². The predicted octanol–water partition coefficient (Wildman–Crippen LogP) is 14.5. The predicted molar refractivity (Wildman–Crippen MR) is 256 cm³/mol. The molecule has 61 heavy (non-hydrogen) atoms. The first kappa shape index (κ1) is 35.2. The fourth-order valence-corrected chi connectivity index (χ4v) is 10.3. The van der Waals surface area contributed by atoms with Gasteiger partial charge < -0.3 is 5.32 Å². The number of dihydropyridines is 1. The molecule has 0 saturated carbocycles. The lowest BCUT2D eigenvalue weighted by atomic mass is 9.92. The normalized spacial score (nSPS) is 14.1. The van der Waals surface area contributed by atoms with Crippen molar-refractivity contribution in [3.63, 3.8) is 0 Å². The van der Waals surface area contributed by atoms with Crippen LogP contribution in [-0.4, -0.2) is 15.0 Å². The Morgan fingerprint density at radius 1 is 0.492 bits per heavy atom. The Hall–Kier alpha value is -7.73. The van der Waals surface area contributed by atoms with Crippen LogP contribution < -0.4 is 5.32 Å². The zero-order chi connectivity index (χ0) is 40.3. The molecule has 0 saturated heterocycles. The summed E-state index contributed by atoms with van der Waals surface area (Å²) >= 11 is 1.84. The standard InChI is InChI=1S/C56H36N4S/c1-2-18-42-40(13-1)31-47(44-20-4-3-19-43(42)44)55-56-54(46-21-5-6-24-53(46)61-56)45-26-25-39(32-50(45)60-55)37-16-11-14-35(29-37)36-15-12-17-38(30-36)41-33-51(48-22-7-9-27-57-48)59-52(34-41)49-23-8-10-28-58-49/h1-34,51,59H. The van der Waals surface area contributed by atoms with Crippen LogP contribution >= 0.6 is 11.3 Å². The number of rotatable bonds is 6. The summed E-state index contributed by atoms with van der Waals surface area (Å²) in [5.41, 5.74) is 12.8. The largest absolute Gasteiger partial charge is 0.371 e. The molecule has 12 rings (SSSR count). The van der Waals surface area contributed by atoms with Crippen LogP contribution in [0.1, 0.15) is 23.0 Å². The zero-order valence-corrected chi connectivity index (χ0v) is 33.8. The molecule has 286 valence electrons. The molecule has 0 bridgehead atoms. The molecular formula is C56H36N4S. The van der Waals surface area contributed by atoms with E-state index in [4.69, 9.17) is 9.97 Å². The molecule has 4 aromatic heterocycles. The van der Waals surface area contributed by atoms with E-state index in [2.05, 4.69) is 174 Å². The summed E-state index contributed by atoms with van der Waals surface area (Å²) in [6.45, 7) is 0. The molecule has 1 aliphatic rings. The van der Waals surface area contributed by atoms with Gasteiger partial charge in [0.1, 0.15) is 0 Å². The van der Waals surface area contributed by atoms with Gasteiger partial charge in [-0.3, -0.25) is 9.97 Å². The number of fused-ring (bicyclic) bond motifs is 8. The Balaban J connectivity index is 0.977. The molecule has 11 aromatic rings. The molecule has 0 aliphatic carbocycles. The fraction of sp³-hybridized carbons (Fsp3) is 0.0179. The van der Waals surface area contributed by atoms with E-state index in [1.807, 2.05) is 54.1 Å². The highest BCUT2D eigenvalue weighted by molar-refractivity contribution is 7.26. The molecule has 4 nitrogen and oxygen atoms in total. The minimum Gasteiger partial charge on any atom is -0.371 e. The summed E-state index contributed by atoms with van der Waals surface area (Å²) in [5.74, 6) is 0. The van der Waals surface area contributed by atoms with Gasteiger partial charge in [0.05, 0.1) is 39.0 Å². The summed E-state index contributed by atoms with van der Waals surface area (Å²) < 4.78 is 2.49. The molecular weight excluding hydrogens is 761 g/mol. The number of hydrogen-bond acceptors (Lipinski definition) is 5. The SMILES string of the molecule is C1=C(c2cccc(-c3cccc(-c4ccc5c(c4)nc(-c4cc6ccccc6c6ccccc46)c4sc6ccccc6c45)c3)c2)C=C(c2ccccn2)NC1c1ccccn1. The van der Waals surface area contributed by atoms with Gasteiger partial charge in [0.15, 0.2) is 0 Å². The Morgan fingerprint density at radius 3 is 1.95 bits per heavy atom. The van der Waals surface area contributed by atoms with Crippen molar-refractivity contribution in [2.45, 2.75) is 6.04 Å². The van der Waals surface area contributed by atoms with E-state index in [1.165, 1.54) is 47.1 Å². The topological polar surface area (TPSA) is 50.7 Å². The molecule has 1 unspecified atom stereocenters. The monoisotopic (exact) mass is 796 g/mol. The Kier molecular flexibility index (Phi) is 8.39. The van der Waals surface area contributed by atoms with Crippen LogP contribution in [0.15, 0.2) is 207 Å². The van der Waals surface area contributed by atoms with Crippen molar-refractivity contribution in [1.29, 1.82) is 0 Å². The van der Waals surface area contributed by atoms with Crippen molar-refractivity contribution in [3.05, 3.63) is 223 Å². The number of nitrogens with zero attached hydrogens (tertiary/aromatic N) is 3. The second-order valence-electron chi connectivity index (χ2n) is 15.6. The van der Waals surface area contributed by atoms with Crippen LogP contribution in [0.2, 0.25) is 0 Å². The highest BCUT2D eigenvalue weighted by Gasteiger charge is 2.21.